The number of carbonyl (C=O) groups is 1. The van der Waals surface area contributed by atoms with E-state index >= 15 is 0 Å². The van der Waals surface area contributed by atoms with Gasteiger partial charge < -0.3 is 20.5 Å². The van der Waals surface area contributed by atoms with E-state index in [4.69, 9.17) is 15.2 Å². The van der Waals surface area contributed by atoms with Crippen molar-refractivity contribution in [2.75, 3.05) is 14.2 Å². The molecule has 2 aromatic carbocycles. The summed E-state index contributed by atoms with van der Waals surface area (Å²) in [4.78, 5) is 12.5. The van der Waals surface area contributed by atoms with Gasteiger partial charge in [0.2, 0.25) is 5.91 Å². The average molecular weight is 393 g/mol. The van der Waals surface area contributed by atoms with Crippen LogP contribution in [0.3, 0.4) is 0 Å². The van der Waals surface area contributed by atoms with E-state index in [9.17, 15) is 4.79 Å². The Bertz CT molecular complexity index is 718. The summed E-state index contributed by atoms with van der Waals surface area (Å²) in [5.74, 6) is 0.954. The zero-order valence-electron chi connectivity index (χ0n) is 13.9. The fourth-order valence-corrected chi connectivity index (χ4v) is 3.01. The Morgan fingerprint density at radius 3 is 2.46 bits per heavy atom. The van der Waals surface area contributed by atoms with E-state index in [1.165, 1.54) is 0 Å². The van der Waals surface area contributed by atoms with Crippen molar-refractivity contribution in [2.45, 2.75) is 19.0 Å². The van der Waals surface area contributed by atoms with E-state index in [1.807, 2.05) is 42.5 Å². The monoisotopic (exact) mass is 392 g/mol. The van der Waals surface area contributed by atoms with Crippen molar-refractivity contribution in [3.05, 3.63) is 58.1 Å². The summed E-state index contributed by atoms with van der Waals surface area (Å²) in [5.41, 5.74) is 6.74. The molecule has 2 aromatic rings. The van der Waals surface area contributed by atoms with Crippen LogP contribution in [0.4, 0.5) is 0 Å². The molecule has 0 aliphatic rings. The minimum Gasteiger partial charge on any atom is -0.493 e. The van der Waals surface area contributed by atoms with Crippen LogP contribution in [0.2, 0.25) is 0 Å². The number of benzene rings is 2. The molecule has 0 heterocycles. The summed E-state index contributed by atoms with van der Waals surface area (Å²) < 4.78 is 11.3. The second-order valence-electron chi connectivity index (χ2n) is 5.56. The summed E-state index contributed by atoms with van der Waals surface area (Å²) in [5, 5.41) is 2.87. The Morgan fingerprint density at radius 1 is 1.21 bits per heavy atom. The first kappa shape index (κ1) is 18.3. The van der Waals surface area contributed by atoms with Crippen molar-refractivity contribution in [3.63, 3.8) is 0 Å². The number of carbonyl (C=O) groups excluding carboxylic acids is 1. The minimum absolute atomic E-state index is 0.250. The highest BCUT2D eigenvalue weighted by Gasteiger charge is 2.30. The van der Waals surface area contributed by atoms with Crippen molar-refractivity contribution in [1.29, 1.82) is 0 Å². The lowest BCUT2D eigenvalue weighted by Gasteiger charge is -2.24. The lowest BCUT2D eigenvalue weighted by Crippen LogP contribution is -2.48. The summed E-state index contributed by atoms with van der Waals surface area (Å²) in [6.07, 6.45) is 0. The molecule has 3 N–H and O–H groups in total. The molecule has 0 aliphatic heterocycles. The molecule has 0 bridgehead atoms. The maximum Gasteiger partial charge on any atom is 0.244 e. The Morgan fingerprint density at radius 2 is 1.88 bits per heavy atom. The third-order valence-corrected chi connectivity index (χ3v) is 4.38. The van der Waals surface area contributed by atoms with E-state index in [2.05, 4.69) is 21.2 Å². The zero-order chi connectivity index (χ0) is 17.7. The van der Waals surface area contributed by atoms with Crippen LogP contribution in [0, 0.1) is 0 Å². The number of hydrogen-bond acceptors (Lipinski definition) is 4. The molecule has 1 unspecified atom stereocenters. The number of methoxy groups -OCH3 is 2. The molecule has 0 fully saturated rings. The molecular formula is C18H21BrN2O3. The Balaban J connectivity index is 2.13. The van der Waals surface area contributed by atoms with E-state index in [0.29, 0.717) is 18.0 Å². The standard InChI is InChI=1S/C18H21BrN2O3/c1-18(20,13-7-5-4-6-8-13)17(22)21-11-12-9-14(19)16(24-3)15(10-12)23-2/h4-10H,11,20H2,1-3H3,(H,21,22). The van der Waals surface area contributed by atoms with Crippen LogP contribution in [-0.4, -0.2) is 20.1 Å². The second-order valence-corrected chi connectivity index (χ2v) is 6.42. The first-order valence-corrected chi connectivity index (χ1v) is 8.22. The van der Waals surface area contributed by atoms with Gasteiger partial charge in [-0.1, -0.05) is 30.3 Å². The van der Waals surface area contributed by atoms with Gasteiger partial charge in [-0.25, -0.2) is 0 Å². The lowest BCUT2D eigenvalue weighted by molar-refractivity contribution is -0.126. The zero-order valence-corrected chi connectivity index (χ0v) is 15.5. The van der Waals surface area contributed by atoms with Gasteiger partial charge in [-0.2, -0.15) is 0 Å². The smallest absolute Gasteiger partial charge is 0.244 e. The first-order valence-electron chi connectivity index (χ1n) is 7.43. The molecule has 6 heteroatoms. The van der Waals surface area contributed by atoms with E-state index in [0.717, 1.165) is 15.6 Å². The van der Waals surface area contributed by atoms with Crippen molar-refractivity contribution >= 4 is 21.8 Å². The largest absolute Gasteiger partial charge is 0.493 e. The van der Waals surface area contributed by atoms with Gasteiger partial charge in [0.05, 0.1) is 18.7 Å². The highest BCUT2D eigenvalue weighted by molar-refractivity contribution is 9.10. The normalized spacial score (nSPS) is 13.0. The molecule has 128 valence electrons. The molecular weight excluding hydrogens is 372 g/mol. The van der Waals surface area contributed by atoms with Gasteiger partial charge in [0.25, 0.3) is 0 Å². The molecule has 0 aromatic heterocycles. The van der Waals surface area contributed by atoms with E-state index < -0.39 is 5.54 Å². The predicted octanol–water partition coefficient (Wildman–Crippen LogP) is 2.96. The fraction of sp³-hybridized carbons (Fsp3) is 0.278. The summed E-state index contributed by atoms with van der Waals surface area (Å²) in [6.45, 7) is 2.03. The average Bonchev–Trinajstić information content (AvgIpc) is 2.59. The maximum atomic E-state index is 12.5. The molecule has 1 atom stereocenters. The van der Waals surface area contributed by atoms with Crippen LogP contribution in [0.1, 0.15) is 18.1 Å². The third-order valence-electron chi connectivity index (χ3n) is 3.79. The molecule has 0 radical (unpaired) electrons. The number of rotatable bonds is 6. The Kier molecular flexibility index (Phi) is 5.85. The van der Waals surface area contributed by atoms with Crippen LogP contribution in [0.5, 0.6) is 11.5 Å². The van der Waals surface area contributed by atoms with Crippen LogP contribution in [0.15, 0.2) is 46.9 Å². The van der Waals surface area contributed by atoms with Crippen LogP contribution >= 0.6 is 15.9 Å². The molecule has 0 saturated heterocycles. The number of ether oxygens (including phenoxy) is 2. The van der Waals surface area contributed by atoms with Gasteiger partial charge in [0, 0.05) is 6.54 Å². The van der Waals surface area contributed by atoms with Gasteiger partial charge >= 0.3 is 0 Å². The quantitative estimate of drug-likeness (QED) is 0.792. The highest BCUT2D eigenvalue weighted by Crippen LogP contribution is 2.36. The third kappa shape index (κ3) is 3.88. The molecule has 1 amide bonds. The van der Waals surface area contributed by atoms with Crippen molar-refractivity contribution < 1.29 is 14.3 Å². The topological polar surface area (TPSA) is 73.6 Å². The molecule has 24 heavy (non-hydrogen) atoms. The van der Waals surface area contributed by atoms with Gasteiger partial charge in [0.15, 0.2) is 11.5 Å². The Hall–Kier alpha value is -2.05. The van der Waals surface area contributed by atoms with Gasteiger partial charge in [-0.3, -0.25) is 4.79 Å². The number of amides is 1. The van der Waals surface area contributed by atoms with Crippen LogP contribution < -0.4 is 20.5 Å². The highest BCUT2D eigenvalue weighted by atomic mass is 79.9. The van der Waals surface area contributed by atoms with Gasteiger partial charge in [-0.05, 0) is 46.1 Å². The predicted molar refractivity (Wildman–Crippen MR) is 97.1 cm³/mol. The second kappa shape index (κ2) is 7.68. The van der Waals surface area contributed by atoms with Crippen molar-refractivity contribution in [2.24, 2.45) is 5.73 Å². The molecule has 0 aliphatic carbocycles. The van der Waals surface area contributed by atoms with E-state index in [1.54, 1.807) is 21.1 Å². The molecule has 0 spiro atoms. The fourth-order valence-electron chi connectivity index (χ4n) is 2.35. The number of halogens is 1. The molecule has 5 nitrogen and oxygen atoms in total. The molecule has 2 rings (SSSR count). The number of hydrogen-bond donors (Lipinski definition) is 2. The minimum atomic E-state index is -1.10. The van der Waals surface area contributed by atoms with Crippen molar-refractivity contribution in [3.8, 4) is 11.5 Å². The maximum absolute atomic E-state index is 12.5. The van der Waals surface area contributed by atoms with Gasteiger partial charge in [0.1, 0.15) is 5.54 Å². The SMILES string of the molecule is COc1cc(CNC(=O)C(C)(N)c2ccccc2)cc(Br)c1OC. The molecule has 0 saturated carbocycles. The lowest BCUT2D eigenvalue weighted by atomic mass is 9.92. The summed E-state index contributed by atoms with van der Waals surface area (Å²) >= 11 is 3.44. The number of nitrogens with two attached hydrogens (primary N) is 1. The first-order chi connectivity index (χ1) is 11.4. The summed E-state index contributed by atoms with van der Waals surface area (Å²) in [6, 6.07) is 13.0. The van der Waals surface area contributed by atoms with Crippen LogP contribution in [0.25, 0.3) is 0 Å². The van der Waals surface area contributed by atoms with Crippen LogP contribution in [-0.2, 0) is 16.9 Å². The summed E-state index contributed by atoms with van der Waals surface area (Å²) in [7, 11) is 3.14. The van der Waals surface area contributed by atoms with Crippen molar-refractivity contribution in [1.82, 2.24) is 5.32 Å². The van der Waals surface area contributed by atoms with Gasteiger partial charge in [-0.15, -0.1) is 0 Å². The van der Waals surface area contributed by atoms with E-state index in [-0.39, 0.29) is 5.91 Å². The Labute approximate surface area is 150 Å². The number of nitrogens with one attached hydrogen (secondary N) is 1.